The van der Waals surface area contributed by atoms with Gasteiger partial charge in [-0.05, 0) is 12.1 Å². The van der Waals surface area contributed by atoms with Crippen LogP contribution in [0, 0.1) is 0 Å². The molecule has 1 atom stereocenters. The number of nitrogens with one attached hydrogen (secondary N) is 1. The second kappa shape index (κ2) is 4.14. The van der Waals surface area contributed by atoms with Crippen LogP contribution >= 0.6 is 11.6 Å². The van der Waals surface area contributed by atoms with Crippen molar-refractivity contribution in [3.8, 4) is 0 Å². The first-order valence-electron chi connectivity index (χ1n) is 4.94. The lowest BCUT2D eigenvalue weighted by molar-refractivity contribution is -0.137. The molecule has 1 unspecified atom stereocenters. The fourth-order valence-electron chi connectivity index (χ4n) is 1.77. The van der Waals surface area contributed by atoms with Crippen LogP contribution in [-0.2, 0) is 4.79 Å². The maximum absolute atomic E-state index is 10.7. The van der Waals surface area contributed by atoms with Crippen LogP contribution in [0.25, 0.3) is 10.9 Å². The summed E-state index contributed by atoms with van der Waals surface area (Å²) in [6, 6.07) is 5.43. The molecule has 0 radical (unpaired) electrons. The lowest BCUT2D eigenvalue weighted by Crippen LogP contribution is -2.03. The molecule has 0 bridgehead atoms. The number of carboxylic acid groups (broad SMARTS) is 1. The summed E-state index contributed by atoms with van der Waals surface area (Å²) in [4.78, 5) is 10.7. The van der Waals surface area contributed by atoms with Gasteiger partial charge in [-0.25, -0.2) is 0 Å². The van der Waals surface area contributed by atoms with Crippen LogP contribution in [0.4, 0.5) is 0 Å². The Bertz CT molecular complexity index is 536. The fraction of sp³-hybridized carbons (Fsp3) is 0.273. The Kier molecular flexibility index (Phi) is 2.83. The smallest absolute Gasteiger partial charge is 0.304 e. The van der Waals surface area contributed by atoms with Gasteiger partial charge in [0.05, 0.1) is 17.0 Å². The van der Waals surface area contributed by atoms with E-state index in [0.717, 1.165) is 16.6 Å². The molecule has 2 aromatic rings. The summed E-state index contributed by atoms with van der Waals surface area (Å²) in [6.07, 6.45) is 0.0581. The van der Waals surface area contributed by atoms with Gasteiger partial charge in [0.15, 0.2) is 0 Å². The number of halogens is 1. The van der Waals surface area contributed by atoms with E-state index in [4.69, 9.17) is 16.7 Å². The zero-order chi connectivity index (χ0) is 11.7. The number of rotatable bonds is 3. The molecule has 1 heterocycles. The third kappa shape index (κ3) is 1.88. The van der Waals surface area contributed by atoms with Crippen LogP contribution in [-0.4, -0.2) is 21.3 Å². The average Bonchev–Trinajstić information content (AvgIpc) is 2.61. The van der Waals surface area contributed by atoms with Gasteiger partial charge in [0.2, 0.25) is 0 Å². The zero-order valence-electron chi connectivity index (χ0n) is 8.70. The normalized spacial score (nSPS) is 12.9. The van der Waals surface area contributed by atoms with Gasteiger partial charge in [0, 0.05) is 17.0 Å². The molecule has 0 amide bonds. The minimum absolute atomic E-state index is 0.0581. The van der Waals surface area contributed by atoms with Crippen molar-refractivity contribution in [3.05, 3.63) is 28.9 Å². The van der Waals surface area contributed by atoms with Crippen molar-refractivity contribution in [3.63, 3.8) is 0 Å². The number of hydrogen-bond acceptors (Lipinski definition) is 2. The van der Waals surface area contributed by atoms with Gasteiger partial charge in [-0.1, -0.05) is 24.6 Å². The molecule has 0 fully saturated rings. The van der Waals surface area contributed by atoms with E-state index in [1.807, 2.05) is 19.1 Å². The average molecular weight is 239 g/mol. The van der Waals surface area contributed by atoms with E-state index in [0.29, 0.717) is 5.02 Å². The molecule has 2 rings (SSSR count). The topological polar surface area (TPSA) is 66.0 Å². The predicted molar refractivity (Wildman–Crippen MR) is 61.8 cm³/mol. The largest absolute Gasteiger partial charge is 0.481 e. The van der Waals surface area contributed by atoms with E-state index >= 15 is 0 Å². The van der Waals surface area contributed by atoms with E-state index in [1.165, 1.54) is 0 Å². The minimum Gasteiger partial charge on any atom is -0.481 e. The third-order valence-electron chi connectivity index (χ3n) is 2.53. The van der Waals surface area contributed by atoms with Gasteiger partial charge in [0.25, 0.3) is 0 Å². The van der Waals surface area contributed by atoms with Gasteiger partial charge in [-0.2, -0.15) is 5.10 Å². The van der Waals surface area contributed by atoms with Gasteiger partial charge < -0.3 is 5.11 Å². The molecule has 16 heavy (non-hydrogen) atoms. The molecule has 0 saturated carbocycles. The predicted octanol–water partition coefficient (Wildman–Crippen LogP) is 2.79. The Labute approximate surface area is 97.2 Å². The van der Waals surface area contributed by atoms with Gasteiger partial charge in [-0.3, -0.25) is 9.89 Å². The quantitative estimate of drug-likeness (QED) is 0.864. The third-order valence-corrected chi connectivity index (χ3v) is 2.85. The first-order valence-corrected chi connectivity index (χ1v) is 5.31. The van der Waals surface area contributed by atoms with Crippen LogP contribution in [0.3, 0.4) is 0 Å². The molecule has 5 heteroatoms. The van der Waals surface area contributed by atoms with Crippen molar-refractivity contribution in [2.24, 2.45) is 0 Å². The summed E-state index contributed by atoms with van der Waals surface area (Å²) in [5, 5.41) is 17.1. The number of nitrogens with zero attached hydrogens (tertiary/aromatic N) is 1. The second-order valence-electron chi connectivity index (χ2n) is 3.77. The summed E-state index contributed by atoms with van der Waals surface area (Å²) >= 11 is 6.08. The molecule has 0 aliphatic carbocycles. The first-order chi connectivity index (χ1) is 7.59. The van der Waals surface area contributed by atoms with Crippen LogP contribution < -0.4 is 0 Å². The number of aromatic amines is 1. The van der Waals surface area contributed by atoms with E-state index in [9.17, 15) is 4.79 Å². The van der Waals surface area contributed by atoms with Crippen molar-refractivity contribution in [1.82, 2.24) is 10.2 Å². The highest BCUT2D eigenvalue weighted by Crippen LogP contribution is 2.30. The van der Waals surface area contributed by atoms with Crippen LogP contribution in [0.1, 0.15) is 25.0 Å². The Morgan fingerprint density at radius 2 is 2.38 bits per heavy atom. The molecule has 0 aliphatic heterocycles. The zero-order valence-corrected chi connectivity index (χ0v) is 9.45. The summed E-state index contributed by atoms with van der Waals surface area (Å²) < 4.78 is 0. The number of benzene rings is 1. The van der Waals surface area contributed by atoms with Crippen LogP contribution in [0.15, 0.2) is 18.2 Å². The molecular formula is C11H11ClN2O2. The molecule has 1 aromatic heterocycles. The SMILES string of the molecule is CC(CC(=O)O)c1[nH]nc2cccc(Cl)c12. The van der Waals surface area contributed by atoms with Crippen molar-refractivity contribution in [2.75, 3.05) is 0 Å². The molecule has 4 nitrogen and oxygen atoms in total. The summed E-state index contributed by atoms with van der Waals surface area (Å²) in [7, 11) is 0. The van der Waals surface area contributed by atoms with E-state index < -0.39 is 5.97 Å². The van der Waals surface area contributed by atoms with E-state index in [-0.39, 0.29) is 12.3 Å². The maximum atomic E-state index is 10.7. The molecule has 84 valence electrons. The lowest BCUT2D eigenvalue weighted by Gasteiger charge is -2.06. The lowest BCUT2D eigenvalue weighted by atomic mass is 10.0. The number of hydrogen-bond donors (Lipinski definition) is 2. The van der Waals surface area contributed by atoms with Crippen LogP contribution in [0.2, 0.25) is 5.02 Å². The molecule has 2 N–H and O–H groups in total. The summed E-state index contributed by atoms with van der Waals surface area (Å²) in [5.74, 6) is -0.968. The second-order valence-corrected chi connectivity index (χ2v) is 4.18. The van der Waals surface area contributed by atoms with Crippen molar-refractivity contribution in [2.45, 2.75) is 19.3 Å². The monoisotopic (exact) mass is 238 g/mol. The highest BCUT2D eigenvalue weighted by atomic mass is 35.5. The van der Waals surface area contributed by atoms with Crippen molar-refractivity contribution < 1.29 is 9.90 Å². The van der Waals surface area contributed by atoms with E-state index in [2.05, 4.69) is 10.2 Å². The van der Waals surface area contributed by atoms with Crippen molar-refractivity contribution >= 4 is 28.5 Å². The minimum atomic E-state index is -0.831. The highest BCUT2D eigenvalue weighted by molar-refractivity contribution is 6.35. The number of aromatic nitrogens is 2. The number of fused-ring (bicyclic) bond motifs is 1. The molecule has 0 aliphatic rings. The number of carboxylic acids is 1. The van der Waals surface area contributed by atoms with Gasteiger partial charge in [0.1, 0.15) is 0 Å². The molecule has 1 aromatic carbocycles. The maximum Gasteiger partial charge on any atom is 0.304 e. The number of aliphatic carboxylic acids is 1. The Morgan fingerprint density at radius 3 is 3.06 bits per heavy atom. The van der Waals surface area contributed by atoms with Gasteiger partial charge in [-0.15, -0.1) is 0 Å². The Hall–Kier alpha value is -1.55. The summed E-state index contributed by atoms with van der Waals surface area (Å²) in [6.45, 7) is 1.84. The Morgan fingerprint density at radius 1 is 1.62 bits per heavy atom. The fourth-order valence-corrected chi connectivity index (χ4v) is 2.04. The molecular weight excluding hydrogens is 228 g/mol. The Balaban J connectivity index is 2.48. The highest BCUT2D eigenvalue weighted by Gasteiger charge is 2.17. The van der Waals surface area contributed by atoms with Crippen LogP contribution in [0.5, 0.6) is 0 Å². The summed E-state index contributed by atoms with van der Waals surface area (Å²) in [5.41, 5.74) is 1.54. The first kappa shape index (κ1) is 11.0. The number of H-pyrrole nitrogens is 1. The number of carbonyl (C=O) groups is 1. The van der Waals surface area contributed by atoms with E-state index in [1.54, 1.807) is 6.07 Å². The molecule has 0 saturated heterocycles. The van der Waals surface area contributed by atoms with Crippen molar-refractivity contribution in [1.29, 1.82) is 0 Å². The molecule has 0 spiro atoms. The van der Waals surface area contributed by atoms with Gasteiger partial charge >= 0.3 is 5.97 Å². The standard InChI is InChI=1S/C11H11ClN2O2/c1-6(5-9(15)16)11-10-7(12)3-2-4-8(10)13-14-11/h2-4,6H,5H2,1H3,(H,13,14)(H,15,16).